The zero-order valence-corrected chi connectivity index (χ0v) is 14.2. The predicted octanol–water partition coefficient (Wildman–Crippen LogP) is 3.18. The summed E-state index contributed by atoms with van der Waals surface area (Å²) in [5.74, 6) is 0. The highest BCUT2D eigenvalue weighted by molar-refractivity contribution is 5.87. The molecule has 0 spiro atoms. The minimum atomic E-state index is 0.335. The SMILES string of the molecule is Cc1ccc2c(c1)c1c3n2CC(c2ccncc2)NC3CN(C)C1. The molecule has 4 heteroatoms. The summed E-state index contributed by atoms with van der Waals surface area (Å²) in [6.45, 7) is 5.27. The quantitative estimate of drug-likeness (QED) is 0.748. The van der Waals surface area contributed by atoms with Gasteiger partial charge in [0, 0.05) is 48.6 Å². The number of pyridine rings is 1. The van der Waals surface area contributed by atoms with E-state index in [0.29, 0.717) is 12.1 Å². The maximum absolute atomic E-state index is 4.17. The Morgan fingerprint density at radius 3 is 2.75 bits per heavy atom. The van der Waals surface area contributed by atoms with Crippen LogP contribution in [0, 0.1) is 6.92 Å². The van der Waals surface area contributed by atoms with E-state index in [9.17, 15) is 0 Å². The molecule has 2 unspecified atom stereocenters. The Hall–Kier alpha value is -2.17. The van der Waals surface area contributed by atoms with Crippen LogP contribution in [-0.4, -0.2) is 28.0 Å². The van der Waals surface area contributed by atoms with Crippen LogP contribution < -0.4 is 5.32 Å². The second-order valence-electron chi connectivity index (χ2n) is 7.24. The molecule has 24 heavy (non-hydrogen) atoms. The molecule has 0 aliphatic carbocycles. The van der Waals surface area contributed by atoms with E-state index in [1.807, 2.05) is 12.4 Å². The Morgan fingerprint density at radius 2 is 1.92 bits per heavy atom. The largest absolute Gasteiger partial charge is 0.341 e. The molecule has 2 aliphatic rings. The van der Waals surface area contributed by atoms with Gasteiger partial charge in [-0.25, -0.2) is 0 Å². The Bertz CT molecular complexity index is 912. The van der Waals surface area contributed by atoms with Crippen LogP contribution in [0.2, 0.25) is 0 Å². The predicted molar refractivity (Wildman–Crippen MR) is 95.9 cm³/mol. The van der Waals surface area contributed by atoms with Gasteiger partial charge in [0.1, 0.15) is 0 Å². The third-order valence-electron chi connectivity index (χ3n) is 5.50. The van der Waals surface area contributed by atoms with E-state index in [-0.39, 0.29) is 0 Å². The highest BCUT2D eigenvalue weighted by Gasteiger charge is 2.35. The van der Waals surface area contributed by atoms with E-state index in [1.54, 1.807) is 0 Å². The van der Waals surface area contributed by atoms with Crippen LogP contribution in [-0.2, 0) is 13.1 Å². The van der Waals surface area contributed by atoms with Gasteiger partial charge in [-0.2, -0.15) is 0 Å². The summed E-state index contributed by atoms with van der Waals surface area (Å²) in [4.78, 5) is 6.60. The minimum Gasteiger partial charge on any atom is -0.341 e. The smallest absolute Gasteiger partial charge is 0.0613 e. The number of rotatable bonds is 1. The van der Waals surface area contributed by atoms with Crippen LogP contribution >= 0.6 is 0 Å². The number of hydrogen-bond acceptors (Lipinski definition) is 3. The monoisotopic (exact) mass is 318 g/mol. The lowest BCUT2D eigenvalue weighted by Gasteiger charge is -2.39. The van der Waals surface area contributed by atoms with Crippen LogP contribution in [0.4, 0.5) is 0 Å². The Morgan fingerprint density at radius 1 is 1.08 bits per heavy atom. The Balaban J connectivity index is 1.71. The van der Waals surface area contributed by atoms with Crippen molar-refractivity contribution in [2.75, 3.05) is 13.6 Å². The van der Waals surface area contributed by atoms with Crippen molar-refractivity contribution < 1.29 is 0 Å². The molecule has 0 saturated carbocycles. The van der Waals surface area contributed by atoms with Crippen molar-refractivity contribution in [3.05, 3.63) is 65.1 Å². The fourth-order valence-electron chi connectivity index (χ4n) is 4.46. The maximum atomic E-state index is 4.17. The molecule has 4 nitrogen and oxygen atoms in total. The molecule has 3 aromatic rings. The second kappa shape index (κ2) is 5.16. The first-order valence-corrected chi connectivity index (χ1v) is 8.67. The van der Waals surface area contributed by atoms with Crippen molar-refractivity contribution >= 4 is 10.9 Å². The van der Waals surface area contributed by atoms with Crippen LogP contribution in [0.3, 0.4) is 0 Å². The van der Waals surface area contributed by atoms with Crippen LogP contribution in [0.25, 0.3) is 10.9 Å². The van der Waals surface area contributed by atoms with Crippen molar-refractivity contribution in [2.45, 2.75) is 32.1 Å². The van der Waals surface area contributed by atoms with Crippen LogP contribution in [0.5, 0.6) is 0 Å². The van der Waals surface area contributed by atoms with E-state index in [4.69, 9.17) is 0 Å². The molecule has 2 aliphatic heterocycles. The zero-order valence-electron chi connectivity index (χ0n) is 14.2. The van der Waals surface area contributed by atoms with Crippen molar-refractivity contribution in [3.63, 3.8) is 0 Å². The molecular weight excluding hydrogens is 296 g/mol. The van der Waals surface area contributed by atoms with Crippen molar-refractivity contribution in [1.29, 1.82) is 0 Å². The van der Waals surface area contributed by atoms with Gasteiger partial charge in [-0.05, 0) is 49.4 Å². The third kappa shape index (κ3) is 2.03. The van der Waals surface area contributed by atoms with Gasteiger partial charge in [0.25, 0.3) is 0 Å². The summed E-state index contributed by atoms with van der Waals surface area (Å²) in [5, 5.41) is 5.31. The van der Waals surface area contributed by atoms with Crippen molar-refractivity contribution in [3.8, 4) is 0 Å². The maximum Gasteiger partial charge on any atom is 0.0613 e. The highest BCUT2D eigenvalue weighted by Crippen LogP contribution is 2.40. The normalized spacial score (nSPS) is 23.4. The van der Waals surface area contributed by atoms with Gasteiger partial charge in [-0.3, -0.25) is 10.3 Å². The molecule has 0 saturated heterocycles. The molecular formula is C20H22N4. The first-order chi connectivity index (χ1) is 11.7. The summed E-state index contributed by atoms with van der Waals surface area (Å²) < 4.78 is 2.56. The van der Waals surface area contributed by atoms with Gasteiger partial charge in [0.2, 0.25) is 0 Å². The summed E-state index contributed by atoms with van der Waals surface area (Å²) in [6, 6.07) is 11.9. The van der Waals surface area contributed by atoms with Gasteiger partial charge in [-0.15, -0.1) is 0 Å². The van der Waals surface area contributed by atoms with Crippen molar-refractivity contribution in [1.82, 2.24) is 19.8 Å². The molecule has 122 valence electrons. The van der Waals surface area contributed by atoms with Crippen LogP contribution in [0.1, 0.15) is 34.5 Å². The summed E-state index contributed by atoms with van der Waals surface area (Å²) in [7, 11) is 2.22. The summed E-state index contributed by atoms with van der Waals surface area (Å²) >= 11 is 0. The third-order valence-corrected chi connectivity index (χ3v) is 5.50. The van der Waals surface area contributed by atoms with E-state index in [1.165, 1.54) is 33.3 Å². The molecule has 4 heterocycles. The van der Waals surface area contributed by atoms with Gasteiger partial charge in [-0.1, -0.05) is 11.6 Å². The Kier molecular flexibility index (Phi) is 3.05. The number of aromatic nitrogens is 2. The highest BCUT2D eigenvalue weighted by atomic mass is 15.2. The molecule has 2 atom stereocenters. The second-order valence-corrected chi connectivity index (χ2v) is 7.24. The molecule has 0 fully saturated rings. The van der Waals surface area contributed by atoms with E-state index in [0.717, 1.165) is 19.6 Å². The summed E-state index contributed by atoms with van der Waals surface area (Å²) in [5.41, 5.74) is 7.04. The van der Waals surface area contributed by atoms with Gasteiger partial charge in [0.05, 0.1) is 12.1 Å². The lowest BCUT2D eigenvalue weighted by molar-refractivity contribution is 0.218. The van der Waals surface area contributed by atoms with Gasteiger partial charge >= 0.3 is 0 Å². The van der Waals surface area contributed by atoms with E-state index >= 15 is 0 Å². The fraction of sp³-hybridized carbons (Fsp3) is 0.350. The standard InChI is InChI=1S/C20H22N4/c1-13-3-4-19-15(9-13)16-10-23(2)11-18-20(16)24(19)12-17(22-18)14-5-7-21-8-6-14/h3-9,17-18,22H,10-12H2,1-2H3. The average molecular weight is 318 g/mol. The average Bonchev–Trinajstić information content (AvgIpc) is 2.90. The molecule has 2 aromatic heterocycles. The van der Waals surface area contributed by atoms with Gasteiger partial charge in [0.15, 0.2) is 0 Å². The van der Waals surface area contributed by atoms with Crippen molar-refractivity contribution in [2.24, 2.45) is 0 Å². The Labute approximate surface area is 142 Å². The number of fused-ring (bicyclic) bond motifs is 3. The number of hydrogen-bond donors (Lipinski definition) is 1. The topological polar surface area (TPSA) is 33.1 Å². The zero-order chi connectivity index (χ0) is 16.3. The number of aryl methyl sites for hydroxylation is 1. The van der Waals surface area contributed by atoms with Crippen LogP contribution in [0.15, 0.2) is 42.7 Å². The lowest BCUT2D eigenvalue weighted by Crippen LogP contribution is -2.44. The first-order valence-electron chi connectivity index (χ1n) is 8.67. The van der Waals surface area contributed by atoms with Gasteiger partial charge < -0.3 is 9.47 Å². The summed E-state index contributed by atoms with van der Waals surface area (Å²) in [6.07, 6.45) is 3.78. The number of benzene rings is 1. The minimum absolute atomic E-state index is 0.335. The first kappa shape index (κ1) is 14.2. The number of likely N-dealkylation sites (N-methyl/N-ethyl adjacent to an activating group) is 1. The molecule has 1 N–H and O–H groups in total. The molecule has 5 rings (SSSR count). The molecule has 1 aromatic carbocycles. The van der Waals surface area contributed by atoms with E-state index < -0.39 is 0 Å². The lowest BCUT2D eigenvalue weighted by atomic mass is 9.96. The fourth-order valence-corrected chi connectivity index (χ4v) is 4.46. The molecule has 0 bridgehead atoms. The number of nitrogens with zero attached hydrogens (tertiary/aromatic N) is 3. The van der Waals surface area contributed by atoms with E-state index in [2.05, 4.69) is 64.1 Å². The molecule has 0 amide bonds. The number of nitrogens with one attached hydrogen (secondary N) is 1. The molecule has 0 radical (unpaired) electrons.